The van der Waals surface area contributed by atoms with Crippen molar-refractivity contribution < 1.29 is 4.39 Å². The highest BCUT2D eigenvalue weighted by atomic mass is 32.2. The van der Waals surface area contributed by atoms with Gasteiger partial charge in [0.15, 0.2) is 4.77 Å². The molecule has 5 heteroatoms. The molecular weight excluding hydrogens is 279 g/mol. The second-order valence-electron chi connectivity index (χ2n) is 5.38. The highest BCUT2D eigenvalue weighted by molar-refractivity contribution is 8.00. The van der Waals surface area contributed by atoms with Crippen molar-refractivity contribution in [1.82, 2.24) is 9.55 Å². The van der Waals surface area contributed by atoms with E-state index in [0.29, 0.717) is 15.1 Å². The minimum atomic E-state index is -0.181. The van der Waals surface area contributed by atoms with E-state index in [1.54, 1.807) is 13.0 Å². The van der Waals surface area contributed by atoms with Gasteiger partial charge in [0.25, 0.3) is 0 Å². The standard InChI is InChI=1S/C14H17FN2S2/c1-9-6-12-11(7-10(9)15)16-13(18)17(12)8-14(19-2)4-3-5-14/h6-7H,3-5,8H2,1-2H3,(H,16,18). The summed E-state index contributed by atoms with van der Waals surface area (Å²) in [6.07, 6.45) is 5.94. The zero-order valence-corrected chi connectivity index (χ0v) is 12.8. The van der Waals surface area contributed by atoms with Gasteiger partial charge < -0.3 is 9.55 Å². The molecule has 0 unspecified atom stereocenters. The van der Waals surface area contributed by atoms with Crippen molar-refractivity contribution in [1.29, 1.82) is 0 Å². The number of H-pyrrole nitrogens is 1. The molecule has 19 heavy (non-hydrogen) atoms. The lowest BCUT2D eigenvalue weighted by molar-refractivity contribution is 0.323. The molecule has 1 aromatic carbocycles. The molecule has 102 valence electrons. The zero-order chi connectivity index (χ0) is 13.6. The molecule has 1 saturated carbocycles. The van der Waals surface area contributed by atoms with E-state index in [1.807, 2.05) is 17.8 Å². The number of benzene rings is 1. The van der Waals surface area contributed by atoms with Crippen molar-refractivity contribution in [2.45, 2.75) is 37.5 Å². The Labute approximate surface area is 121 Å². The van der Waals surface area contributed by atoms with Gasteiger partial charge in [-0.3, -0.25) is 0 Å². The van der Waals surface area contributed by atoms with E-state index in [0.717, 1.165) is 17.6 Å². The van der Waals surface area contributed by atoms with Gasteiger partial charge in [-0.1, -0.05) is 6.42 Å². The van der Waals surface area contributed by atoms with Gasteiger partial charge in [0.05, 0.1) is 11.0 Å². The van der Waals surface area contributed by atoms with Gasteiger partial charge in [0, 0.05) is 11.3 Å². The summed E-state index contributed by atoms with van der Waals surface area (Å²) >= 11 is 7.33. The number of rotatable bonds is 3. The van der Waals surface area contributed by atoms with Crippen molar-refractivity contribution >= 4 is 35.0 Å². The van der Waals surface area contributed by atoms with Crippen LogP contribution in [0.15, 0.2) is 12.1 Å². The zero-order valence-electron chi connectivity index (χ0n) is 11.1. The molecule has 1 aliphatic rings. The Bertz CT molecular complexity index is 677. The number of nitrogens with one attached hydrogen (secondary N) is 1. The summed E-state index contributed by atoms with van der Waals surface area (Å²) in [5.74, 6) is -0.181. The van der Waals surface area contributed by atoms with Crippen LogP contribution in [0.5, 0.6) is 0 Å². The lowest BCUT2D eigenvalue weighted by atomic mass is 9.84. The first kappa shape index (κ1) is 13.2. The molecule has 1 heterocycles. The topological polar surface area (TPSA) is 20.7 Å². The molecular formula is C14H17FN2S2. The first-order valence-corrected chi connectivity index (χ1v) is 8.12. The molecule has 1 N–H and O–H groups in total. The maximum atomic E-state index is 13.6. The number of hydrogen-bond donors (Lipinski definition) is 1. The predicted molar refractivity (Wildman–Crippen MR) is 81.9 cm³/mol. The van der Waals surface area contributed by atoms with E-state index in [9.17, 15) is 4.39 Å². The maximum absolute atomic E-state index is 13.6. The van der Waals surface area contributed by atoms with Crippen LogP contribution in [0.4, 0.5) is 4.39 Å². The number of nitrogens with zero attached hydrogens (tertiary/aromatic N) is 1. The summed E-state index contributed by atoms with van der Waals surface area (Å²) < 4.78 is 16.7. The van der Waals surface area contributed by atoms with E-state index >= 15 is 0 Å². The predicted octanol–water partition coefficient (Wildman–Crippen LogP) is 4.43. The van der Waals surface area contributed by atoms with Crippen molar-refractivity contribution in [2.75, 3.05) is 6.26 Å². The molecule has 0 aliphatic heterocycles. The largest absolute Gasteiger partial charge is 0.330 e. The van der Waals surface area contributed by atoms with Crippen molar-refractivity contribution in [2.24, 2.45) is 0 Å². The number of aromatic nitrogens is 2. The molecule has 1 aliphatic carbocycles. The molecule has 0 radical (unpaired) electrons. The van der Waals surface area contributed by atoms with Crippen LogP contribution in [0.25, 0.3) is 11.0 Å². The Morgan fingerprint density at radius 2 is 2.21 bits per heavy atom. The van der Waals surface area contributed by atoms with Crippen molar-refractivity contribution in [3.05, 3.63) is 28.3 Å². The van der Waals surface area contributed by atoms with Gasteiger partial charge in [0.1, 0.15) is 5.82 Å². The smallest absolute Gasteiger partial charge is 0.178 e. The fraction of sp³-hybridized carbons (Fsp3) is 0.500. The highest BCUT2D eigenvalue weighted by Gasteiger charge is 2.37. The lowest BCUT2D eigenvalue weighted by Gasteiger charge is -2.40. The molecule has 0 bridgehead atoms. The molecule has 1 fully saturated rings. The molecule has 3 rings (SSSR count). The molecule has 0 atom stereocenters. The maximum Gasteiger partial charge on any atom is 0.178 e. The quantitative estimate of drug-likeness (QED) is 0.846. The Morgan fingerprint density at radius 3 is 2.79 bits per heavy atom. The summed E-state index contributed by atoms with van der Waals surface area (Å²) in [5.41, 5.74) is 2.48. The average Bonchev–Trinajstić information content (AvgIpc) is 2.61. The second kappa shape index (κ2) is 4.63. The van der Waals surface area contributed by atoms with Crippen LogP contribution >= 0.6 is 24.0 Å². The highest BCUT2D eigenvalue weighted by Crippen LogP contribution is 2.44. The number of halogens is 1. The lowest BCUT2D eigenvalue weighted by Crippen LogP contribution is -2.37. The summed E-state index contributed by atoms with van der Waals surface area (Å²) in [6.45, 7) is 2.71. The van der Waals surface area contributed by atoms with E-state index in [1.165, 1.54) is 19.3 Å². The average molecular weight is 296 g/mol. The monoisotopic (exact) mass is 296 g/mol. The number of aryl methyl sites for hydroxylation is 1. The number of aromatic amines is 1. The van der Waals surface area contributed by atoms with Gasteiger partial charge in [0.2, 0.25) is 0 Å². The third kappa shape index (κ3) is 2.13. The first-order valence-electron chi connectivity index (χ1n) is 6.48. The molecule has 2 aromatic rings. The van der Waals surface area contributed by atoms with Gasteiger partial charge >= 0.3 is 0 Å². The van der Waals surface area contributed by atoms with Crippen LogP contribution in [0.3, 0.4) is 0 Å². The van der Waals surface area contributed by atoms with Gasteiger partial charge in [-0.15, -0.1) is 0 Å². The Balaban J connectivity index is 2.10. The van der Waals surface area contributed by atoms with E-state index in [2.05, 4.69) is 15.8 Å². The Hall–Kier alpha value is -0.810. The van der Waals surface area contributed by atoms with Gasteiger partial charge in [-0.25, -0.2) is 4.39 Å². The number of thioether (sulfide) groups is 1. The van der Waals surface area contributed by atoms with E-state index in [-0.39, 0.29) is 5.82 Å². The van der Waals surface area contributed by atoms with Gasteiger partial charge in [-0.2, -0.15) is 11.8 Å². The summed E-state index contributed by atoms with van der Waals surface area (Å²) in [4.78, 5) is 3.12. The van der Waals surface area contributed by atoms with Crippen LogP contribution in [0.1, 0.15) is 24.8 Å². The summed E-state index contributed by atoms with van der Waals surface area (Å²) in [7, 11) is 0. The Kier molecular flexibility index (Phi) is 3.21. The Morgan fingerprint density at radius 1 is 1.47 bits per heavy atom. The van der Waals surface area contributed by atoms with Crippen LogP contribution in [0.2, 0.25) is 0 Å². The molecule has 1 aromatic heterocycles. The minimum absolute atomic E-state index is 0.181. The number of imidazole rings is 1. The summed E-state index contributed by atoms with van der Waals surface area (Å²) in [6, 6.07) is 3.44. The van der Waals surface area contributed by atoms with Crippen LogP contribution in [-0.4, -0.2) is 20.6 Å². The van der Waals surface area contributed by atoms with Crippen molar-refractivity contribution in [3.8, 4) is 0 Å². The SMILES string of the molecule is CSC1(Cn2c(=S)[nH]c3cc(F)c(C)cc32)CCC1. The van der Waals surface area contributed by atoms with Crippen LogP contribution in [-0.2, 0) is 6.54 Å². The third-order valence-corrected chi connectivity index (χ3v) is 5.92. The number of fused-ring (bicyclic) bond motifs is 1. The second-order valence-corrected chi connectivity index (χ2v) is 7.04. The summed E-state index contributed by atoms with van der Waals surface area (Å²) in [5, 5.41) is 0. The number of hydrogen-bond acceptors (Lipinski definition) is 2. The molecule has 0 amide bonds. The fourth-order valence-electron chi connectivity index (χ4n) is 2.72. The van der Waals surface area contributed by atoms with Crippen LogP contribution in [0, 0.1) is 17.5 Å². The first-order chi connectivity index (χ1) is 9.04. The minimum Gasteiger partial charge on any atom is -0.330 e. The van der Waals surface area contributed by atoms with Crippen molar-refractivity contribution in [3.63, 3.8) is 0 Å². The van der Waals surface area contributed by atoms with Gasteiger partial charge in [-0.05, 0) is 55.9 Å². The van der Waals surface area contributed by atoms with E-state index < -0.39 is 0 Å². The third-order valence-electron chi connectivity index (χ3n) is 4.20. The van der Waals surface area contributed by atoms with E-state index in [4.69, 9.17) is 12.2 Å². The molecule has 2 nitrogen and oxygen atoms in total. The molecule has 0 spiro atoms. The normalized spacial score (nSPS) is 17.6. The fourth-order valence-corrected chi connectivity index (χ4v) is 3.95. The molecule has 0 saturated heterocycles. The van der Waals surface area contributed by atoms with Crippen LogP contribution < -0.4 is 0 Å².